The van der Waals surface area contributed by atoms with Crippen LogP contribution in [0.15, 0.2) is 42.5 Å². The van der Waals surface area contributed by atoms with Gasteiger partial charge in [-0.05, 0) is 25.5 Å². The molecule has 0 aromatic heterocycles. The van der Waals surface area contributed by atoms with Gasteiger partial charge < -0.3 is 14.8 Å². The van der Waals surface area contributed by atoms with Crippen molar-refractivity contribution >= 4 is 0 Å². The first kappa shape index (κ1) is 15.4. The summed E-state index contributed by atoms with van der Waals surface area (Å²) in [4.78, 5) is 0. The summed E-state index contributed by atoms with van der Waals surface area (Å²) in [5, 5.41) is 3.45. The quantitative estimate of drug-likeness (QED) is 0.841. The molecular weight excluding hydrogens is 262 g/mol. The first-order valence-corrected chi connectivity index (χ1v) is 7.29. The van der Waals surface area contributed by atoms with E-state index in [9.17, 15) is 0 Å². The molecule has 0 spiro atoms. The Hall–Kier alpha value is -2.00. The molecule has 0 radical (unpaired) electrons. The Morgan fingerprint density at radius 3 is 2.43 bits per heavy atom. The molecule has 0 aliphatic carbocycles. The van der Waals surface area contributed by atoms with Crippen LogP contribution >= 0.6 is 0 Å². The van der Waals surface area contributed by atoms with Crippen LogP contribution in [0.25, 0.3) is 0 Å². The molecule has 0 heterocycles. The van der Waals surface area contributed by atoms with Crippen LogP contribution < -0.4 is 14.8 Å². The Morgan fingerprint density at radius 1 is 1.00 bits per heavy atom. The molecule has 0 atom stereocenters. The molecule has 3 nitrogen and oxygen atoms in total. The average molecular weight is 285 g/mol. The van der Waals surface area contributed by atoms with Crippen molar-refractivity contribution in [2.45, 2.75) is 26.9 Å². The molecule has 21 heavy (non-hydrogen) atoms. The van der Waals surface area contributed by atoms with Crippen molar-refractivity contribution < 1.29 is 9.47 Å². The lowest BCUT2D eigenvalue weighted by Crippen LogP contribution is -2.13. The van der Waals surface area contributed by atoms with Crippen molar-refractivity contribution in [3.05, 3.63) is 59.2 Å². The second kappa shape index (κ2) is 7.70. The predicted octanol–water partition coefficient (Wildman–Crippen LogP) is 3.69. The van der Waals surface area contributed by atoms with E-state index >= 15 is 0 Å². The SMILES string of the molecule is CCOc1cccc(CNCc2ccc(C)cc2)c1OC. The molecule has 3 heteroatoms. The highest BCUT2D eigenvalue weighted by atomic mass is 16.5. The Morgan fingerprint density at radius 2 is 1.76 bits per heavy atom. The number of aryl methyl sites for hydroxylation is 1. The van der Waals surface area contributed by atoms with E-state index < -0.39 is 0 Å². The maximum Gasteiger partial charge on any atom is 0.165 e. The van der Waals surface area contributed by atoms with Gasteiger partial charge in [0.05, 0.1) is 13.7 Å². The first-order chi connectivity index (χ1) is 10.2. The van der Waals surface area contributed by atoms with E-state index in [0.29, 0.717) is 6.61 Å². The number of para-hydroxylation sites is 1. The Kier molecular flexibility index (Phi) is 5.64. The van der Waals surface area contributed by atoms with Crippen molar-refractivity contribution in [1.29, 1.82) is 0 Å². The Bertz CT molecular complexity index is 564. The van der Waals surface area contributed by atoms with Crippen molar-refractivity contribution in [1.82, 2.24) is 5.32 Å². The summed E-state index contributed by atoms with van der Waals surface area (Å²) in [7, 11) is 1.68. The van der Waals surface area contributed by atoms with E-state index in [1.807, 2.05) is 19.1 Å². The van der Waals surface area contributed by atoms with E-state index in [-0.39, 0.29) is 0 Å². The predicted molar refractivity (Wildman–Crippen MR) is 85.9 cm³/mol. The molecule has 112 valence electrons. The number of ether oxygens (including phenoxy) is 2. The monoisotopic (exact) mass is 285 g/mol. The molecule has 2 aromatic rings. The van der Waals surface area contributed by atoms with Crippen LogP contribution in [0.4, 0.5) is 0 Å². The molecule has 0 aliphatic heterocycles. The molecule has 0 fully saturated rings. The van der Waals surface area contributed by atoms with Crippen LogP contribution in [0, 0.1) is 6.92 Å². The van der Waals surface area contributed by atoms with E-state index in [4.69, 9.17) is 9.47 Å². The van der Waals surface area contributed by atoms with Crippen molar-refractivity contribution in [3.8, 4) is 11.5 Å². The van der Waals surface area contributed by atoms with Gasteiger partial charge in [0.1, 0.15) is 0 Å². The number of rotatable bonds is 7. The van der Waals surface area contributed by atoms with Crippen LogP contribution in [-0.4, -0.2) is 13.7 Å². The Balaban J connectivity index is 1.99. The van der Waals surface area contributed by atoms with Crippen LogP contribution in [0.3, 0.4) is 0 Å². The van der Waals surface area contributed by atoms with Gasteiger partial charge in [0.15, 0.2) is 11.5 Å². The minimum absolute atomic E-state index is 0.636. The number of nitrogens with one attached hydrogen (secondary N) is 1. The van der Waals surface area contributed by atoms with Gasteiger partial charge in [0, 0.05) is 18.7 Å². The number of hydrogen-bond donors (Lipinski definition) is 1. The van der Waals surface area contributed by atoms with Gasteiger partial charge in [-0.25, -0.2) is 0 Å². The zero-order valence-electron chi connectivity index (χ0n) is 13.0. The number of benzene rings is 2. The number of methoxy groups -OCH3 is 1. The third kappa shape index (κ3) is 4.23. The van der Waals surface area contributed by atoms with Crippen molar-refractivity contribution in [3.63, 3.8) is 0 Å². The van der Waals surface area contributed by atoms with E-state index in [2.05, 4.69) is 42.6 Å². The molecule has 0 saturated carbocycles. The highest BCUT2D eigenvalue weighted by Gasteiger charge is 2.09. The van der Waals surface area contributed by atoms with Crippen LogP contribution in [0.5, 0.6) is 11.5 Å². The molecule has 0 amide bonds. The topological polar surface area (TPSA) is 30.5 Å². The third-order valence-corrected chi connectivity index (χ3v) is 3.33. The normalized spacial score (nSPS) is 10.4. The van der Waals surface area contributed by atoms with Crippen LogP contribution in [0.2, 0.25) is 0 Å². The maximum atomic E-state index is 5.59. The van der Waals surface area contributed by atoms with Gasteiger partial charge in [-0.2, -0.15) is 0 Å². The zero-order valence-corrected chi connectivity index (χ0v) is 13.0. The minimum Gasteiger partial charge on any atom is -0.493 e. The highest BCUT2D eigenvalue weighted by molar-refractivity contribution is 5.46. The fourth-order valence-corrected chi connectivity index (χ4v) is 2.25. The molecule has 0 aliphatic rings. The highest BCUT2D eigenvalue weighted by Crippen LogP contribution is 2.30. The molecule has 0 bridgehead atoms. The summed E-state index contributed by atoms with van der Waals surface area (Å²) >= 11 is 0. The van der Waals surface area contributed by atoms with Gasteiger partial charge in [-0.1, -0.05) is 42.0 Å². The smallest absolute Gasteiger partial charge is 0.165 e. The second-order valence-corrected chi connectivity index (χ2v) is 4.97. The molecule has 2 aromatic carbocycles. The van der Waals surface area contributed by atoms with Crippen molar-refractivity contribution in [2.75, 3.05) is 13.7 Å². The van der Waals surface area contributed by atoms with Crippen LogP contribution in [0.1, 0.15) is 23.6 Å². The molecular formula is C18H23NO2. The number of hydrogen-bond acceptors (Lipinski definition) is 3. The largest absolute Gasteiger partial charge is 0.493 e. The molecule has 1 N–H and O–H groups in total. The van der Waals surface area contributed by atoms with Crippen LogP contribution in [-0.2, 0) is 13.1 Å². The van der Waals surface area contributed by atoms with Gasteiger partial charge in [-0.15, -0.1) is 0 Å². The summed E-state index contributed by atoms with van der Waals surface area (Å²) in [6.45, 7) is 6.29. The minimum atomic E-state index is 0.636. The first-order valence-electron chi connectivity index (χ1n) is 7.29. The summed E-state index contributed by atoms with van der Waals surface area (Å²) in [6.07, 6.45) is 0. The fourth-order valence-electron chi connectivity index (χ4n) is 2.25. The summed E-state index contributed by atoms with van der Waals surface area (Å²) in [5.74, 6) is 1.62. The van der Waals surface area contributed by atoms with Gasteiger partial charge in [0.2, 0.25) is 0 Å². The average Bonchev–Trinajstić information content (AvgIpc) is 2.50. The zero-order chi connectivity index (χ0) is 15.1. The lowest BCUT2D eigenvalue weighted by Gasteiger charge is -2.14. The van der Waals surface area contributed by atoms with E-state index in [1.54, 1.807) is 7.11 Å². The van der Waals surface area contributed by atoms with Gasteiger partial charge >= 0.3 is 0 Å². The molecule has 0 saturated heterocycles. The third-order valence-electron chi connectivity index (χ3n) is 3.33. The Labute approximate surface area is 126 Å². The van der Waals surface area contributed by atoms with Crippen molar-refractivity contribution in [2.24, 2.45) is 0 Å². The lowest BCUT2D eigenvalue weighted by molar-refractivity contribution is 0.308. The standard InChI is InChI=1S/C18H23NO2/c1-4-21-17-7-5-6-16(18(17)20-3)13-19-12-15-10-8-14(2)9-11-15/h5-11,19H,4,12-13H2,1-3H3. The summed E-state index contributed by atoms with van der Waals surface area (Å²) in [5.41, 5.74) is 3.67. The van der Waals surface area contributed by atoms with Gasteiger partial charge in [0.25, 0.3) is 0 Å². The molecule has 2 rings (SSSR count). The van der Waals surface area contributed by atoms with Gasteiger partial charge in [-0.3, -0.25) is 0 Å². The molecule has 0 unspecified atom stereocenters. The van der Waals surface area contributed by atoms with E-state index in [0.717, 1.165) is 30.2 Å². The lowest BCUT2D eigenvalue weighted by atomic mass is 10.1. The summed E-state index contributed by atoms with van der Waals surface area (Å²) in [6, 6.07) is 14.6. The second-order valence-electron chi connectivity index (χ2n) is 4.97. The summed E-state index contributed by atoms with van der Waals surface area (Å²) < 4.78 is 11.1. The van der Waals surface area contributed by atoms with E-state index in [1.165, 1.54) is 11.1 Å². The fraction of sp³-hybridized carbons (Fsp3) is 0.333. The maximum absolute atomic E-state index is 5.59.